The van der Waals surface area contributed by atoms with Gasteiger partial charge in [0.25, 0.3) is 5.91 Å². The fourth-order valence-electron chi connectivity index (χ4n) is 3.09. The third-order valence-corrected chi connectivity index (χ3v) is 5.06. The first-order valence-electron chi connectivity index (χ1n) is 8.62. The lowest BCUT2D eigenvalue weighted by atomic mass is 10.1. The average molecular weight is 437 g/mol. The molecule has 0 bridgehead atoms. The Morgan fingerprint density at radius 2 is 1.93 bits per heavy atom. The zero-order valence-electron chi connectivity index (χ0n) is 15.3. The first-order valence-corrected chi connectivity index (χ1v) is 9.41. The van der Waals surface area contributed by atoms with Crippen LogP contribution in [0.15, 0.2) is 65.4 Å². The molecule has 7 heteroatoms. The number of nitrogens with zero attached hydrogens (tertiary/aromatic N) is 3. The number of hydrogen-bond acceptors (Lipinski definition) is 4. The third kappa shape index (κ3) is 3.25. The van der Waals surface area contributed by atoms with E-state index in [2.05, 4.69) is 31.3 Å². The summed E-state index contributed by atoms with van der Waals surface area (Å²) in [5.74, 6) is 0.434. The topological polar surface area (TPSA) is 69.0 Å². The largest absolute Gasteiger partial charge is 0.494 e. The van der Waals surface area contributed by atoms with E-state index in [1.807, 2.05) is 49.4 Å². The average Bonchev–Trinajstić information content (AvgIpc) is 3.10. The van der Waals surface area contributed by atoms with Crippen molar-refractivity contribution in [2.75, 3.05) is 12.4 Å². The maximum Gasteiger partial charge on any atom is 0.259 e. The Morgan fingerprint density at radius 1 is 1.14 bits per heavy atom. The molecule has 0 saturated carbocycles. The van der Waals surface area contributed by atoms with Crippen LogP contribution in [0.3, 0.4) is 0 Å². The van der Waals surface area contributed by atoms with Crippen molar-refractivity contribution >= 4 is 38.4 Å². The SMILES string of the molecule is COc1ccc(NC(=O)c2cnn(-c3ccc(Br)cc3)c2C)c2cccnc12. The summed E-state index contributed by atoms with van der Waals surface area (Å²) in [5, 5.41) is 8.16. The van der Waals surface area contributed by atoms with Crippen LogP contribution >= 0.6 is 15.9 Å². The van der Waals surface area contributed by atoms with E-state index >= 15 is 0 Å². The molecular weight excluding hydrogens is 420 g/mol. The van der Waals surface area contributed by atoms with Gasteiger partial charge in [-0.3, -0.25) is 9.78 Å². The van der Waals surface area contributed by atoms with Crippen molar-refractivity contribution in [2.45, 2.75) is 6.92 Å². The van der Waals surface area contributed by atoms with Crippen molar-refractivity contribution in [3.8, 4) is 11.4 Å². The van der Waals surface area contributed by atoms with Crippen molar-refractivity contribution in [3.05, 3.63) is 76.7 Å². The van der Waals surface area contributed by atoms with Crippen LogP contribution in [0.2, 0.25) is 0 Å². The van der Waals surface area contributed by atoms with Gasteiger partial charge in [0.15, 0.2) is 0 Å². The second-order valence-electron chi connectivity index (χ2n) is 6.20. The monoisotopic (exact) mass is 436 g/mol. The normalized spacial score (nSPS) is 10.8. The van der Waals surface area contributed by atoms with Gasteiger partial charge < -0.3 is 10.1 Å². The summed E-state index contributed by atoms with van der Waals surface area (Å²) in [6.45, 7) is 1.87. The highest BCUT2D eigenvalue weighted by atomic mass is 79.9. The third-order valence-electron chi connectivity index (χ3n) is 4.53. The molecule has 0 aliphatic carbocycles. The van der Waals surface area contributed by atoms with Gasteiger partial charge in [-0.25, -0.2) is 4.68 Å². The van der Waals surface area contributed by atoms with Crippen molar-refractivity contribution in [3.63, 3.8) is 0 Å². The zero-order valence-corrected chi connectivity index (χ0v) is 16.9. The highest BCUT2D eigenvalue weighted by molar-refractivity contribution is 9.10. The summed E-state index contributed by atoms with van der Waals surface area (Å²) in [5.41, 5.74) is 3.53. The summed E-state index contributed by atoms with van der Waals surface area (Å²) in [4.78, 5) is 17.3. The lowest BCUT2D eigenvalue weighted by Gasteiger charge is -2.11. The molecule has 0 saturated heterocycles. The maximum atomic E-state index is 12.9. The number of ether oxygens (including phenoxy) is 1. The molecule has 4 rings (SSSR count). The molecule has 2 heterocycles. The molecule has 1 amide bonds. The Kier molecular flexibility index (Phi) is 4.83. The van der Waals surface area contributed by atoms with Gasteiger partial charge in [0.1, 0.15) is 11.3 Å². The number of rotatable bonds is 4. The fourth-order valence-corrected chi connectivity index (χ4v) is 3.35. The van der Waals surface area contributed by atoms with E-state index in [1.54, 1.807) is 30.3 Å². The predicted octanol–water partition coefficient (Wildman–Crippen LogP) is 4.75. The molecule has 140 valence electrons. The summed E-state index contributed by atoms with van der Waals surface area (Å²) >= 11 is 3.42. The number of benzene rings is 2. The van der Waals surface area contributed by atoms with E-state index in [0.29, 0.717) is 22.5 Å². The van der Waals surface area contributed by atoms with Crippen LogP contribution in [-0.2, 0) is 0 Å². The molecule has 1 N–H and O–H groups in total. The molecule has 28 heavy (non-hydrogen) atoms. The van der Waals surface area contributed by atoms with Gasteiger partial charge in [0, 0.05) is 16.1 Å². The van der Waals surface area contributed by atoms with Crippen LogP contribution in [0.4, 0.5) is 5.69 Å². The van der Waals surface area contributed by atoms with Gasteiger partial charge >= 0.3 is 0 Å². The van der Waals surface area contributed by atoms with Gasteiger partial charge in [-0.1, -0.05) is 15.9 Å². The van der Waals surface area contributed by atoms with E-state index in [4.69, 9.17) is 4.74 Å². The molecule has 6 nitrogen and oxygen atoms in total. The Hall–Kier alpha value is -3.19. The molecular formula is C21H17BrN4O2. The number of halogens is 1. The first-order chi connectivity index (χ1) is 13.6. The van der Waals surface area contributed by atoms with Gasteiger partial charge in [-0.2, -0.15) is 5.10 Å². The maximum absolute atomic E-state index is 12.9. The molecule has 2 aromatic carbocycles. The smallest absolute Gasteiger partial charge is 0.259 e. The van der Waals surface area contributed by atoms with Gasteiger partial charge in [-0.15, -0.1) is 0 Å². The Morgan fingerprint density at radius 3 is 2.68 bits per heavy atom. The van der Waals surface area contributed by atoms with Gasteiger partial charge in [-0.05, 0) is 55.5 Å². The van der Waals surface area contributed by atoms with E-state index in [0.717, 1.165) is 21.2 Å². The van der Waals surface area contributed by atoms with Crippen molar-refractivity contribution in [2.24, 2.45) is 0 Å². The lowest BCUT2D eigenvalue weighted by molar-refractivity contribution is 0.102. The minimum atomic E-state index is -0.226. The lowest BCUT2D eigenvalue weighted by Crippen LogP contribution is -2.13. The zero-order chi connectivity index (χ0) is 19.7. The Bertz CT molecular complexity index is 1170. The first kappa shape index (κ1) is 18.2. The van der Waals surface area contributed by atoms with Crippen LogP contribution in [0, 0.1) is 6.92 Å². The predicted molar refractivity (Wildman–Crippen MR) is 112 cm³/mol. The molecule has 4 aromatic rings. The number of carbonyl (C=O) groups excluding carboxylic acids is 1. The van der Waals surface area contributed by atoms with Crippen molar-refractivity contribution in [1.29, 1.82) is 0 Å². The Balaban J connectivity index is 1.67. The number of methoxy groups -OCH3 is 1. The quantitative estimate of drug-likeness (QED) is 0.500. The number of carbonyl (C=O) groups is 1. The minimum absolute atomic E-state index is 0.226. The van der Waals surface area contributed by atoms with Crippen LogP contribution in [0.25, 0.3) is 16.6 Å². The second kappa shape index (κ2) is 7.44. The number of anilines is 1. The van der Waals surface area contributed by atoms with Crippen molar-refractivity contribution in [1.82, 2.24) is 14.8 Å². The number of amides is 1. The number of pyridine rings is 1. The standard InChI is InChI=1S/C21H17BrN4O2/c1-13-17(12-24-26(13)15-7-5-14(22)6-8-15)21(27)25-18-9-10-19(28-2)20-16(18)4-3-11-23-20/h3-12H,1-2H3,(H,25,27). The van der Waals surface area contributed by atoms with Crippen LogP contribution in [-0.4, -0.2) is 27.8 Å². The fraction of sp³-hybridized carbons (Fsp3) is 0.0952. The number of nitrogens with one attached hydrogen (secondary N) is 1. The van der Waals surface area contributed by atoms with Crippen LogP contribution in [0.5, 0.6) is 5.75 Å². The molecule has 2 aromatic heterocycles. The molecule has 0 aliphatic rings. The minimum Gasteiger partial charge on any atom is -0.494 e. The van der Waals surface area contributed by atoms with Crippen molar-refractivity contribution < 1.29 is 9.53 Å². The number of aromatic nitrogens is 3. The molecule has 0 spiro atoms. The second-order valence-corrected chi connectivity index (χ2v) is 7.12. The summed E-state index contributed by atoms with van der Waals surface area (Å²) in [6.07, 6.45) is 3.28. The molecule has 0 radical (unpaired) electrons. The summed E-state index contributed by atoms with van der Waals surface area (Å²) in [6, 6.07) is 15.1. The highest BCUT2D eigenvalue weighted by Crippen LogP contribution is 2.30. The molecule has 0 atom stereocenters. The molecule has 0 fully saturated rings. The highest BCUT2D eigenvalue weighted by Gasteiger charge is 2.17. The van der Waals surface area contributed by atoms with Gasteiger partial charge in [0.2, 0.25) is 0 Å². The molecule has 0 unspecified atom stereocenters. The van der Waals surface area contributed by atoms with E-state index < -0.39 is 0 Å². The van der Waals surface area contributed by atoms with Crippen LogP contribution < -0.4 is 10.1 Å². The summed E-state index contributed by atoms with van der Waals surface area (Å²) in [7, 11) is 1.60. The Labute approximate surface area is 170 Å². The summed E-state index contributed by atoms with van der Waals surface area (Å²) < 4.78 is 8.09. The van der Waals surface area contributed by atoms with Gasteiger partial charge in [0.05, 0.1) is 35.9 Å². The molecule has 0 aliphatic heterocycles. The van der Waals surface area contributed by atoms with E-state index in [-0.39, 0.29) is 5.91 Å². The number of hydrogen-bond donors (Lipinski definition) is 1. The van der Waals surface area contributed by atoms with E-state index in [1.165, 1.54) is 0 Å². The van der Waals surface area contributed by atoms with Crippen LogP contribution in [0.1, 0.15) is 16.1 Å². The van der Waals surface area contributed by atoms with E-state index in [9.17, 15) is 4.79 Å². The number of fused-ring (bicyclic) bond motifs is 1.